The molecule has 1 aliphatic carbocycles. The van der Waals surface area contributed by atoms with Gasteiger partial charge in [0, 0.05) is 38.4 Å². The lowest BCUT2D eigenvalue weighted by Gasteiger charge is -2.25. The van der Waals surface area contributed by atoms with E-state index in [-0.39, 0.29) is 29.9 Å². The minimum atomic E-state index is -0.400. The quantitative estimate of drug-likeness (QED) is 0.191. The monoisotopic (exact) mass is 554 g/mol. The summed E-state index contributed by atoms with van der Waals surface area (Å²) in [6.45, 7) is 4.94. The Kier molecular flexibility index (Phi) is 12.6. The SMILES string of the molecule is CCCCCC(CC(CCc1cc(Cc2ccnc(N)c2)c(O)c(OC2CCCCC2)c1)OC(C)=O)OC(C)=O. The second-order valence-electron chi connectivity index (χ2n) is 11.0. The number of aryl methyl sites for hydroxylation is 1. The Bertz CT molecular complexity index is 1100. The van der Waals surface area contributed by atoms with Gasteiger partial charge in [-0.2, -0.15) is 0 Å². The average molecular weight is 555 g/mol. The number of nitrogen functional groups attached to an aromatic ring is 1. The fraction of sp³-hybridized carbons (Fsp3) is 0.594. The van der Waals surface area contributed by atoms with E-state index in [0.717, 1.165) is 68.1 Å². The second kappa shape index (κ2) is 16.1. The van der Waals surface area contributed by atoms with Crippen LogP contribution in [0.2, 0.25) is 0 Å². The molecule has 1 aromatic heterocycles. The van der Waals surface area contributed by atoms with E-state index in [2.05, 4.69) is 11.9 Å². The van der Waals surface area contributed by atoms with Crippen molar-refractivity contribution in [2.45, 2.75) is 123 Å². The molecule has 1 aromatic carbocycles. The number of nitrogens with two attached hydrogens (primary N) is 1. The molecule has 0 spiro atoms. The van der Waals surface area contributed by atoms with Crippen LogP contribution in [0.15, 0.2) is 30.5 Å². The number of hydrogen-bond donors (Lipinski definition) is 2. The highest BCUT2D eigenvalue weighted by Crippen LogP contribution is 2.36. The number of phenols is 1. The molecule has 1 fully saturated rings. The smallest absolute Gasteiger partial charge is 0.302 e. The molecular weight excluding hydrogens is 508 g/mol. The molecule has 3 N–H and O–H groups in total. The average Bonchev–Trinajstić information content (AvgIpc) is 2.90. The third-order valence-corrected chi connectivity index (χ3v) is 7.38. The normalized spacial score (nSPS) is 15.3. The number of carbonyl (C=O) groups is 2. The maximum atomic E-state index is 11.9. The van der Waals surface area contributed by atoms with E-state index in [1.54, 1.807) is 12.3 Å². The molecule has 0 saturated heterocycles. The van der Waals surface area contributed by atoms with E-state index in [1.807, 2.05) is 18.2 Å². The molecule has 1 saturated carbocycles. The number of carbonyl (C=O) groups excluding carboxylic acids is 2. The van der Waals surface area contributed by atoms with Crippen molar-refractivity contribution in [2.24, 2.45) is 0 Å². The van der Waals surface area contributed by atoms with Crippen molar-refractivity contribution < 1.29 is 28.9 Å². The Morgan fingerprint density at radius 3 is 2.35 bits per heavy atom. The van der Waals surface area contributed by atoms with Crippen molar-refractivity contribution >= 4 is 17.8 Å². The molecule has 8 nitrogen and oxygen atoms in total. The number of esters is 2. The van der Waals surface area contributed by atoms with E-state index in [1.165, 1.54) is 20.3 Å². The number of rotatable bonds is 15. The van der Waals surface area contributed by atoms with Crippen molar-refractivity contribution in [2.75, 3.05) is 5.73 Å². The molecule has 0 bridgehead atoms. The van der Waals surface area contributed by atoms with E-state index in [0.29, 0.717) is 37.3 Å². The summed E-state index contributed by atoms with van der Waals surface area (Å²) in [7, 11) is 0. The van der Waals surface area contributed by atoms with Crippen LogP contribution < -0.4 is 10.5 Å². The molecule has 2 atom stereocenters. The largest absolute Gasteiger partial charge is 0.504 e. The lowest BCUT2D eigenvalue weighted by molar-refractivity contribution is -0.153. The molecular formula is C32H46N2O6. The number of unbranched alkanes of at least 4 members (excludes halogenated alkanes) is 2. The van der Waals surface area contributed by atoms with E-state index in [4.69, 9.17) is 19.9 Å². The molecule has 2 unspecified atom stereocenters. The molecule has 0 amide bonds. The molecule has 220 valence electrons. The van der Waals surface area contributed by atoms with Crippen LogP contribution in [-0.2, 0) is 31.9 Å². The summed E-state index contributed by atoms with van der Waals surface area (Å²) in [6.07, 6.45) is 12.4. The number of pyridine rings is 1. The molecule has 0 aliphatic heterocycles. The van der Waals surface area contributed by atoms with E-state index < -0.39 is 6.10 Å². The molecule has 1 aliphatic rings. The van der Waals surface area contributed by atoms with E-state index in [9.17, 15) is 14.7 Å². The van der Waals surface area contributed by atoms with Gasteiger partial charge in [0.25, 0.3) is 0 Å². The fourth-order valence-corrected chi connectivity index (χ4v) is 5.45. The second-order valence-corrected chi connectivity index (χ2v) is 11.0. The van der Waals surface area contributed by atoms with Crippen LogP contribution in [0.1, 0.15) is 108 Å². The topological polar surface area (TPSA) is 121 Å². The number of aromatic nitrogens is 1. The van der Waals surface area contributed by atoms with Crippen LogP contribution >= 0.6 is 0 Å². The predicted octanol–water partition coefficient (Wildman–Crippen LogP) is 6.44. The van der Waals surface area contributed by atoms with Gasteiger partial charge in [-0.25, -0.2) is 4.98 Å². The highest BCUT2D eigenvalue weighted by molar-refractivity contribution is 5.66. The van der Waals surface area contributed by atoms with Crippen molar-refractivity contribution in [3.05, 3.63) is 47.2 Å². The Labute approximate surface area is 238 Å². The molecule has 1 heterocycles. The van der Waals surface area contributed by atoms with Crippen LogP contribution in [-0.4, -0.2) is 40.3 Å². The summed E-state index contributed by atoms with van der Waals surface area (Å²) in [5.41, 5.74) is 8.56. The third kappa shape index (κ3) is 10.7. The lowest BCUT2D eigenvalue weighted by atomic mass is 9.95. The van der Waals surface area contributed by atoms with Crippen LogP contribution in [0, 0.1) is 0 Å². The number of hydrogen-bond acceptors (Lipinski definition) is 8. The summed E-state index contributed by atoms with van der Waals surface area (Å²) >= 11 is 0. The Hall–Kier alpha value is -3.29. The number of anilines is 1. The first-order valence-corrected chi connectivity index (χ1v) is 14.8. The highest BCUT2D eigenvalue weighted by atomic mass is 16.6. The van der Waals surface area contributed by atoms with Gasteiger partial charge >= 0.3 is 11.9 Å². The summed E-state index contributed by atoms with van der Waals surface area (Å²) in [5.74, 6) is 0.378. The van der Waals surface area contributed by atoms with Crippen molar-refractivity contribution in [1.29, 1.82) is 0 Å². The van der Waals surface area contributed by atoms with Crippen LogP contribution in [0.5, 0.6) is 11.5 Å². The first-order chi connectivity index (χ1) is 19.2. The first-order valence-electron chi connectivity index (χ1n) is 14.8. The summed E-state index contributed by atoms with van der Waals surface area (Å²) in [6, 6.07) is 7.58. The zero-order chi connectivity index (χ0) is 28.9. The van der Waals surface area contributed by atoms with Gasteiger partial charge in [-0.05, 0) is 80.7 Å². The Morgan fingerprint density at radius 1 is 1.00 bits per heavy atom. The van der Waals surface area contributed by atoms with Crippen LogP contribution in [0.4, 0.5) is 5.82 Å². The maximum absolute atomic E-state index is 11.9. The summed E-state index contributed by atoms with van der Waals surface area (Å²) < 4.78 is 17.6. The minimum absolute atomic E-state index is 0.0840. The Morgan fingerprint density at radius 2 is 1.70 bits per heavy atom. The van der Waals surface area contributed by atoms with E-state index >= 15 is 0 Å². The maximum Gasteiger partial charge on any atom is 0.302 e. The van der Waals surface area contributed by atoms with Gasteiger partial charge in [0.15, 0.2) is 11.5 Å². The first kappa shape index (κ1) is 31.2. The number of nitrogens with zero attached hydrogens (tertiary/aromatic N) is 1. The fourth-order valence-electron chi connectivity index (χ4n) is 5.45. The van der Waals surface area contributed by atoms with Gasteiger partial charge in [0.2, 0.25) is 0 Å². The number of benzene rings is 1. The van der Waals surface area contributed by atoms with Gasteiger partial charge < -0.3 is 25.1 Å². The highest BCUT2D eigenvalue weighted by Gasteiger charge is 2.23. The lowest BCUT2D eigenvalue weighted by Crippen LogP contribution is -2.27. The number of phenolic OH excluding ortho intramolecular Hbond substituents is 1. The molecule has 2 aromatic rings. The van der Waals surface area contributed by atoms with Gasteiger partial charge in [0.05, 0.1) is 6.10 Å². The van der Waals surface area contributed by atoms with Gasteiger partial charge in [-0.3, -0.25) is 9.59 Å². The standard InChI is InChI=1S/C32H46N2O6/c1-4-5-7-12-28(38-22(2)35)21-29(39-23(3)36)14-13-24-17-26(18-25-15-16-34-31(33)20-25)32(37)30(19-24)40-27-10-8-6-9-11-27/h15-17,19-20,27-29,37H,4-14,18,21H2,1-3H3,(H2,33,34). The minimum Gasteiger partial charge on any atom is -0.504 e. The van der Waals surface area contributed by atoms with Gasteiger partial charge in [0.1, 0.15) is 18.0 Å². The summed E-state index contributed by atoms with van der Waals surface area (Å²) in [5, 5.41) is 11.2. The zero-order valence-electron chi connectivity index (χ0n) is 24.3. The van der Waals surface area contributed by atoms with Crippen molar-refractivity contribution in [1.82, 2.24) is 4.98 Å². The number of ether oxygens (including phenoxy) is 3. The van der Waals surface area contributed by atoms with Gasteiger partial charge in [-0.15, -0.1) is 0 Å². The molecule has 3 rings (SSSR count). The summed E-state index contributed by atoms with van der Waals surface area (Å²) in [4.78, 5) is 27.7. The zero-order valence-corrected chi connectivity index (χ0v) is 24.3. The number of aromatic hydroxyl groups is 1. The van der Waals surface area contributed by atoms with Crippen molar-refractivity contribution in [3.8, 4) is 11.5 Å². The van der Waals surface area contributed by atoms with Crippen LogP contribution in [0.3, 0.4) is 0 Å². The Balaban J connectivity index is 1.81. The van der Waals surface area contributed by atoms with Crippen molar-refractivity contribution in [3.63, 3.8) is 0 Å². The van der Waals surface area contributed by atoms with Crippen LogP contribution in [0.25, 0.3) is 0 Å². The molecule has 0 radical (unpaired) electrons. The van der Waals surface area contributed by atoms with Gasteiger partial charge in [-0.1, -0.05) is 32.3 Å². The predicted molar refractivity (Wildman–Crippen MR) is 155 cm³/mol. The third-order valence-electron chi connectivity index (χ3n) is 7.38. The molecule has 8 heteroatoms. The molecule has 40 heavy (non-hydrogen) atoms.